The molecular weight excluding hydrogens is 370 g/mol. The first-order valence-electron chi connectivity index (χ1n) is 8.84. The van der Waals surface area contributed by atoms with Crippen molar-refractivity contribution in [2.75, 3.05) is 12.4 Å². The number of amides is 2. The lowest BCUT2D eigenvalue weighted by Gasteiger charge is -2.08. The number of ether oxygens (including phenoxy) is 1. The second-order valence-corrected chi connectivity index (χ2v) is 6.15. The minimum Gasteiger partial charge on any atom is -0.465 e. The van der Waals surface area contributed by atoms with Gasteiger partial charge in [0, 0.05) is 35.8 Å². The standard InChI is InChI=1S/C22H19N3O4/c1-29-22(28)18-5-2-6-19(12-18)25-21(27)17-9-7-16(8-10-17)20(26)24-14-15-4-3-11-23-13-15/h2-13H,14H2,1H3,(H,24,26)(H,25,27). The molecule has 2 aromatic carbocycles. The Kier molecular flexibility index (Phi) is 6.32. The second kappa shape index (κ2) is 9.27. The maximum Gasteiger partial charge on any atom is 0.337 e. The third-order valence-corrected chi connectivity index (χ3v) is 4.13. The highest BCUT2D eigenvalue weighted by Gasteiger charge is 2.11. The van der Waals surface area contributed by atoms with Crippen molar-refractivity contribution in [3.05, 3.63) is 95.3 Å². The average molecular weight is 389 g/mol. The van der Waals surface area contributed by atoms with E-state index in [-0.39, 0.29) is 11.8 Å². The average Bonchev–Trinajstić information content (AvgIpc) is 2.78. The molecule has 0 saturated carbocycles. The number of aromatic nitrogens is 1. The number of hydrogen-bond donors (Lipinski definition) is 2. The molecule has 146 valence electrons. The number of carbonyl (C=O) groups is 3. The minimum absolute atomic E-state index is 0.244. The summed E-state index contributed by atoms with van der Waals surface area (Å²) in [6.45, 7) is 0.367. The van der Waals surface area contributed by atoms with Gasteiger partial charge in [0.2, 0.25) is 0 Å². The van der Waals surface area contributed by atoms with Crippen molar-refractivity contribution in [2.45, 2.75) is 6.54 Å². The van der Waals surface area contributed by atoms with Crippen molar-refractivity contribution >= 4 is 23.5 Å². The Hall–Kier alpha value is -4.00. The first-order chi connectivity index (χ1) is 14.1. The zero-order valence-corrected chi connectivity index (χ0v) is 15.7. The number of anilines is 1. The number of rotatable bonds is 6. The van der Waals surface area contributed by atoms with E-state index in [1.54, 1.807) is 60.9 Å². The summed E-state index contributed by atoms with van der Waals surface area (Å²) in [5.74, 6) is -1.08. The van der Waals surface area contributed by atoms with Gasteiger partial charge in [0.15, 0.2) is 0 Å². The molecule has 0 bridgehead atoms. The molecule has 0 fully saturated rings. The van der Waals surface area contributed by atoms with Gasteiger partial charge in [0.1, 0.15) is 0 Å². The van der Waals surface area contributed by atoms with Crippen LogP contribution in [0.1, 0.15) is 36.6 Å². The van der Waals surface area contributed by atoms with E-state index in [0.717, 1.165) is 5.56 Å². The minimum atomic E-state index is -0.484. The van der Waals surface area contributed by atoms with Crippen LogP contribution in [-0.4, -0.2) is 29.9 Å². The third-order valence-electron chi connectivity index (χ3n) is 4.13. The van der Waals surface area contributed by atoms with Crippen LogP contribution >= 0.6 is 0 Å². The number of benzene rings is 2. The van der Waals surface area contributed by atoms with E-state index in [2.05, 4.69) is 20.4 Å². The molecular formula is C22H19N3O4. The summed E-state index contributed by atoms with van der Waals surface area (Å²) >= 11 is 0. The van der Waals surface area contributed by atoms with Crippen molar-refractivity contribution in [1.82, 2.24) is 10.3 Å². The molecule has 2 N–H and O–H groups in total. The molecule has 0 aliphatic rings. The first-order valence-corrected chi connectivity index (χ1v) is 8.84. The van der Waals surface area contributed by atoms with Crippen molar-refractivity contribution in [3.8, 4) is 0 Å². The molecule has 7 heteroatoms. The zero-order valence-electron chi connectivity index (χ0n) is 15.7. The summed E-state index contributed by atoms with van der Waals surface area (Å²) in [7, 11) is 1.29. The molecule has 0 radical (unpaired) electrons. The Labute approximate surface area is 167 Å². The van der Waals surface area contributed by atoms with E-state index in [1.807, 2.05) is 6.07 Å². The molecule has 3 aromatic rings. The number of hydrogen-bond acceptors (Lipinski definition) is 5. The van der Waals surface area contributed by atoms with Crippen LogP contribution in [0.25, 0.3) is 0 Å². The lowest BCUT2D eigenvalue weighted by molar-refractivity contribution is 0.0600. The van der Waals surface area contributed by atoms with Gasteiger partial charge < -0.3 is 15.4 Å². The molecule has 1 heterocycles. The van der Waals surface area contributed by atoms with Gasteiger partial charge in [-0.2, -0.15) is 0 Å². The van der Waals surface area contributed by atoms with Crippen LogP contribution in [0.2, 0.25) is 0 Å². The molecule has 1 aromatic heterocycles. The normalized spacial score (nSPS) is 10.1. The van der Waals surface area contributed by atoms with Crippen LogP contribution in [0.4, 0.5) is 5.69 Å². The molecule has 0 saturated heterocycles. The van der Waals surface area contributed by atoms with E-state index < -0.39 is 5.97 Å². The maximum atomic E-state index is 12.4. The van der Waals surface area contributed by atoms with E-state index in [1.165, 1.54) is 13.2 Å². The summed E-state index contributed by atoms with van der Waals surface area (Å²) in [6, 6.07) is 16.4. The Bertz CT molecular complexity index is 1020. The quantitative estimate of drug-likeness (QED) is 0.632. The van der Waals surface area contributed by atoms with Gasteiger partial charge in [0.05, 0.1) is 12.7 Å². The number of pyridine rings is 1. The third kappa shape index (κ3) is 5.26. The van der Waals surface area contributed by atoms with Gasteiger partial charge in [-0.15, -0.1) is 0 Å². The summed E-state index contributed by atoms with van der Waals surface area (Å²) in [6.07, 6.45) is 3.35. The number of esters is 1. The van der Waals surface area contributed by atoms with E-state index in [0.29, 0.717) is 28.9 Å². The second-order valence-electron chi connectivity index (χ2n) is 6.15. The molecule has 0 aliphatic carbocycles. The lowest BCUT2D eigenvalue weighted by atomic mass is 10.1. The van der Waals surface area contributed by atoms with Gasteiger partial charge in [-0.1, -0.05) is 12.1 Å². The van der Waals surface area contributed by atoms with Crippen LogP contribution in [0.3, 0.4) is 0 Å². The lowest BCUT2D eigenvalue weighted by Crippen LogP contribution is -2.23. The van der Waals surface area contributed by atoms with Crippen molar-refractivity contribution in [2.24, 2.45) is 0 Å². The Morgan fingerprint density at radius 3 is 2.28 bits per heavy atom. The molecule has 7 nitrogen and oxygen atoms in total. The van der Waals surface area contributed by atoms with Crippen LogP contribution in [0.15, 0.2) is 73.1 Å². The Balaban J connectivity index is 1.61. The van der Waals surface area contributed by atoms with Crippen molar-refractivity contribution < 1.29 is 19.1 Å². The molecule has 29 heavy (non-hydrogen) atoms. The van der Waals surface area contributed by atoms with E-state index >= 15 is 0 Å². The van der Waals surface area contributed by atoms with E-state index in [4.69, 9.17) is 0 Å². The fourth-order valence-corrected chi connectivity index (χ4v) is 2.61. The Morgan fingerprint density at radius 1 is 0.897 bits per heavy atom. The van der Waals surface area contributed by atoms with Gasteiger partial charge in [-0.3, -0.25) is 14.6 Å². The monoisotopic (exact) mass is 389 g/mol. The Morgan fingerprint density at radius 2 is 1.62 bits per heavy atom. The predicted molar refractivity (Wildman–Crippen MR) is 108 cm³/mol. The first kappa shape index (κ1) is 19.8. The van der Waals surface area contributed by atoms with Gasteiger partial charge in [-0.05, 0) is 54.1 Å². The molecule has 0 spiro atoms. The zero-order chi connectivity index (χ0) is 20.6. The largest absolute Gasteiger partial charge is 0.465 e. The molecule has 3 rings (SSSR count). The fraction of sp³-hybridized carbons (Fsp3) is 0.0909. The number of methoxy groups -OCH3 is 1. The van der Waals surface area contributed by atoms with Crippen LogP contribution in [-0.2, 0) is 11.3 Å². The van der Waals surface area contributed by atoms with Crippen LogP contribution in [0.5, 0.6) is 0 Å². The summed E-state index contributed by atoms with van der Waals surface area (Å²) < 4.78 is 4.67. The van der Waals surface area contributed by atoms with Crippen LogP contribution in [0, 0.1) is 0 Å². The smallest absolute Gasteiger partial charge is 0.337 e. The number of carbonyl (C=O) groups excluding carboxylic acids is 3. The summed E-state index contributed by atoms with van der Waals surface area (Å²) in [4.78, 5) is 40.3. The van der Waals surface area contributed by atoms with Crippen LogP contribution < -0.4 is 10.6 Å². The highest BCUT2D eigenvalue weighted by molar-refractivity contribution is 6.05. The maximum absolute atomic E-state index is 12.4. The molecule has 0 unspecified atom stereocenters. The fourth-order valence-electron chi connectivity index (χ4n) is 2.61. The molecule has 0 atom stereocenters. The van der Waals surface area contributed by atoms with Gasteiger partial charge >= 0.3 is 5.97 Å². The van der Waals surface area contributed by atoms with E-state index in [9.17, 15) is 14.4 Å². The predicted octanol–water partition coefficient (Wildman–Crippen LogP) is 3.05. The highest BCUT2D eigenvalue weighted by atomic mass is 16.5. The SMILES string of the molecule is COC(=O)c1cccc(NC(=O)c2ccc(C(=O)NCc3cccnc3)cc2)c1. The summed E-state index contributed by atoms with van der Waals surface area (Å²) in [5, 5.41) is 5.52. The van der Waals surface area contributed by atoms with Crippen molar-refractivity contribution in [1.29, 1.82) is 0 Å². The molecule has 2 amide bonds. The van der Waals surface area contributed by atoms with Crippen molar-refractivity contribution in [3.63, 3.8) is 0 Å². The topological polar surface area (TPSA) is 97.4 Å². The van der Waals surface area contributed by atoms with Gasteiger partial charge in [-0.25, -0.2) is 4.79 Å². The highest BCUT2D eigenvalue weighted by Crippen LogP contribution is 2.14. The number of nitrogens with one attached hydrogen (secondary N) is 2. The van der Waals surface area contributed by atoms with Gasteiger partial charge in [0.25, 0.3) is 11.8 Å². The summed E-state index contributed by atoms with van der Waals surface area (Å²) in [5.41, 5.74) is 2.53. The number of nitrogens with zero attached hydrogens (tertiary/aromatic N) is 1. The molecule has 0 aliphatic heterocycles.